The minimum Gasteiger partial charge on any atom is -0.480 e. The Morgan fingerprint density at radius 2 is 1.56 bits per heavy atom. The van der Waals surface area contributed by atoms with Gasteiger partial charge in [0.25, 0.3) is 11.8 Å². The Labute approximate surface area is 185 Å². The molecule has 0 heterocycles. The van der Waals surface area contributed by atoms with Gasteiger partial charge >= 0.3 is 5.97 Å². The lowest BCUT2D eigenvalue weighted by molar-refractivity contribution is -0.146. The number of carbonyl (C=O) groups is 4. The first kappa shape index (κ1) is 23.1. The second-order valence-electron chi connectivity index (χ2n) is 7.89. The topological polar surface area (TPSA) is 133 Å². The van der Waals surface area contributed by atoms with Crippen molar-refractivity contribution in [2.45, 2.75) is 43.9 Å². The zero-order chi connectivity index (χ0) is 23.1. The average molecular weight is 438 g/mol. The molecule has 0 aliphatic heterocycles. The summed E-state index contributed by atoms with van der Waals surface area (Å²) < 4.78 is 0. The van der Waals surface area contributed by atoms with Crippen LogP contribution in [0, 0.1) is 5.92 Å². The number of nitrogens with one attached hydrogen (secondary N) is 2. The highest BCUT2D eigenvalue weighted by Gasteiger charge is 2.37. The number of aliphatic hydroxyl groups excluding tert-OH is 1. The van der Waals surface area contributed by atoms with Gasteiger partial charge in [0.1, 0.15) is 11.8 Å². The van der Waals surface area contributed by atoms with Crippen LogP contribution in [0.2, 0.25) is 0 Å². The van der Waals surface area contributed by atoms with E-state index in [1.54, 1.807) is 60.7 Å². The van der Waals surface area contributed by atoms with Crippen molar-refractivity contribution in [1.29, 1.82) is 0 Å². The molecule has 1 aliphatic carbocycles. The van der Waals surface area contributed by atoms with Crippen LogP contribution in [0.4, 0.5) is 0 Å². The third kappa shape index (κ3) is 5.79. The normalized spacial score (nSPS) is 18.8. The summed E-state index contributed by atoms with van der Waals surface area (Å²) in [5.41, 5.74) is 0.837. The van der Waals surface area contributed by atoms with Crippen LogP contribution < -0.4 is 10.6 Å². The van der Waals surface area contributed by atoms with E-state index in [9.17, 15) is 29.4 Å². The number of aliphatic hydroxyl groups is 1. The van der Waals surface area contributed by atoms with Crippen molar-refractivity contribution in [2.75, 3.05) is 0 Å². The molecule has 0 aromatic heterocycles. The predicted molar refractivity (Wildman–Crippen MR) is 116 cm³/mol. The number of aliphatic carboxylic acids is 1. The van der Waals surface area contributed by atoms with Crippen molar-refractivity contribution < 1.29 is 29.4 Å². The molecule has 168 valence electrons. The zero-order valence-corrected chi connectivity index (χ0v) is 17.4. The van der Waals surface area contributed by atoms with Gasteiger partial charge in [0.05, 0.1) is 6.04 Å². The van der Waals surface area contributed by atoms with E-state index in [4.69, 9.17) is 0 Å². The lowest BCUT2D eigenvalue weighted by Gasteiger charge is -2.30. The lowest BCUT2D eigenvalue weighted by Crippen LogP contribution is -2.53. The molecule has 1 fully saturated rings. The van der Waals surface area contributed by atoms with Gasteiger partial charge in [0, 0.05) is 18.4 Å². The number of hydrogen-bond donors (Lipinski definition) is 4. The van der Waals surface area contributed by atoms with E-state index >= 15 is 0 Å². The van der Waals surface area contributed by atoms with Crippen LogP contribution in [0.1, 0.15) is 47.6 Å². The maximum atomic E-state index is 12.9. The summed E-state index contributed by atoms with van der Waals surface area (Å²) in [6.07, 6.45) is -0.218. The third-order valence-electron chi connectivity index (χ3n) is 5.62. The van der Waals surface area contributed by atoms with Crippen LogP contribution in [-0.4, -0.2) is 45.9 Å². The molecule has 2 amide bonds. The van der Waals surface area contributed by atoms with E-state index in [1.165, 1.54) is 0 Å². The summed E-state index contributed by atoms with van der Waals surface area (Å²) in [5, 5.41) is 25.5. The Hall–Kier alpha value is -3.52. The fraction of sp³-hybridized carbons (Fsp3) is 0.333. The predicted octanol–water partition coefficient (Wildman–Crippen LogP) is 1.85. The molecule has 4 atom stereocenters. The van der Waals surface area contributed by atoms with Gasteiger partial charge in [-0.25, -0.2) is 4.79 Å². The quantitative estimate of drug-likeness (QED) is 0.497. The first-order valence-electron chi connectivity index (χ1n) is 10.5. The van der Waals surface area contributed by atoms with Crippen molar-refractivity contribution in [2.24, 2.45) is 5.92 Å². The van der Waals surface area contributed by atoms with Crippen LogP contribution in [-0.2, 0) is 14.4 Å². The number of Topliss-reactive ketones (excluding diaryl/α,β-unsaturated/α-hetero) is 1. The van der Waals surface area contributed by atoms with Gasteiger partial charge in [-0.2, -0.15) is 0 Å². The van der Waals surface area contributed by atoms with Gasteiger partial charge in [-0.3, -0.25) is 14.4 Å². The van der Waals surface area contributed by atoms with Crippen LogP contribution in [0.5, 0.6) is 0 Å². The number of hydrogen-bond acceptors (Lipinski definition) is 5. The second-order valence-corrected chi connectivity index (χ2v) is 7.89. The molecule has 4 N–H and O–H groups in total. The molecule has 3 rings (SSSR count). The molecule has 0 unspecified atom stereocenters. The van der Waals surface area contributed by atoms with Gasteiger partial charge in [-0.1, -0.05) is 48.5 Å². The van der Waals surface area contributed by atoms with E-state index in [-0.39, 0.29) is 12.2 Å². The molecule has 0 spiro atoms. The molecular formula is C24H26N2O6. The van der Waals surface area contributed by atoms with Crippen molar-refractivity contribution in [3.63, 3.8) is 0 Å². The standard InChI is InChI=1S/C24H26N2O6/c27-18-13-7-12-17(14-18)20(24(31)32)26-23(30)21(28)19(15-8-3-1-4-9-15)25-22(29)16-10-5-2-6-11-16/h1-6,8-11,17,19-21,28H,7,12-14H2,(H,25,29)(H,26,30)(H,31,32)/t17-,19-,20-,21+/m0/s1. The third-order valence-corrected chi connectivity index (χ3v) is 5.62. The molecule has 1 saturated carbocycles. The van der Waals surface area contributed by atoms with E-state index in [2.05, 4.69) is 10.6 Å². The molecule has 8 heteroatoms. The molecule has 2 aromatic rings. The summed E-state index contributed by atoms with van der Waals surface area (Å²) in [5.74, 6) is -3.27. The number of benzene rings is 2. The number of rotatable bonds is 8. The largest absolute Gasteiger partial charge is 0.480 e. The zero-order valence-electron chi connectivity index (χ0n) is 17.4. The van der Waals surface area contributed by atoms with Gasteiger partial charge in [0.2, 0.25) is 0 Å². The summed E-state index contributed by atoms with van der Waals surface area (Å²) in [4.78, 5) is 49.1. The minimum atomic E-state index is -1.74. The molecule has 0 radical (unpaired) electrons. The highest BCUT2D eigenvalue weighted by atomic mass is 16.4. The van der Waals surface area contributed by atoms with Crippen molar-refractivity contribution in [3.05, 3.63) is 71.8 Å². The molecule has 8 nitrogen and oxygen atoms in total. The maximum Gasteiger partial charge on any atom is 0.326 e. The van der Waals surface area contributed by atoms with Crippen LogP contribution in [0.3, 0.4) is 0 Å². The number of carboxylic acids is 1. The summed E-state index contributed by atoms with van der Waals surface area (Å²) in [7, 11) is 0. The SMILES string of the molecule is O=C1CCC[C@H]([C@H](NC(=O)[C@H](O)[C@@H](NC(=O)c2ccccc2)c2ccccc2)C(=O)O)C1. The van der Waals surface area contributed by atoms with Crippen LogP contribution in [0.25, 0.3) is 0 Å². The Balaban J connectivity index is 1.79. The highest BCUT2D eigenvalue weighted by molar-refractivity contribution is 5.95. The number of amides is 2. The molecule has 2 aromatic carbocycles. The molecule has 0 bridgehead atoms. The molecule has 1 aliphatic rings. The van der Waals surface area contributed by atoms with Crippen molar-refractivity contribution in [3.8, 4) is 0 Å². The number of carboxylic acid groups (broad SMARTS) is 1. The first-order valence-corrected chi connectivity index (χ1v) is 10.5. The van der Waals surface area contributed by atoms with Crippen LogP contribution >= 0.6 is 0 Å². The fourth-order valence-corrected chi connectivity index (χ4v) is 3.93. The Kier molecular flexibility index (Phi) is 7.72. The van der Waals surface area contributed by atoms with Gasteiger partial charge in [0.15, 0.2) is 6.10 Å². The van der Waals surface area contributed by atoms with Crippen LogP contribution in [0.15, 0.2) is 60.7 Å². The molecule has 32 heavy (non-hydrogen) atoms. The van der Waals surface area contributed by atoms with Crippen molar-refractivity contribution >= 4 is 23.6 Å². The van der Waals surface area contributed by atoms with E-state index in [0.29, 0.717) is 30.4 Å². The van der Waals surface area contributed by atoms with Gasteiger partial charge in [-0.05, 0) is 36.5 Å². The number of carbonyl (C=O) groups excluding carboxylic acids is 3. The average Bonchev–Trinajstić information content (AvgIpc) is 2.81. The minimum absolute atomic E-state index is 0.0421. The number of ketones is 1. The van der Waals surface area contributed by atoms with Gasteiger partial charge in [-0.15, -0.1) is 0 Å². The maximum absolute atomic E-state index is 12.9. The smallest absolute Gasteiger partial charge is 0.326 e. The highest BCUT2D eigenvalue weighted by Crippen LogP contribution is 2.25. The molecule has 0 saturated heterocycles. The van der Waals surface area contributed by atoms with E-state index in [1.807, 2.05) is 0 Å². The van der Waals surface area contributed by atoms with E-state index in [0.717, 1.165) is 0 Å². The lowest BCUT2D eigenvalue weighted by atomic mass is 9.83. The van der Waals surface area contributed by atoms with E-state index < -0.39 is 41.9 Å². The van der Waals surface area contributed by atoms with Crippen molar-refractivity contribution in [1.82, 2.24) is 10.6 Å². The molecular weight excluding hydrogens is 412 g/mol. The summed E-state index contributed by atoms with van der Waals surface area (Å²) in [6.45, 7) is 0. The fourth-order valence-electron chi connectivity index (χ4n) is 3.93. The Bertz CT molecular complexity index is 963. The Morgan fingerprint density at radius 1 is 0.938 bits per heavy atom. The second kappa shape index (κ2) is 10.7. The monoisotopic (exact) mass is 438 g/mol. The first-order chi connectivity index (χ1) is 15.4. The summed E-state index contributed by atoms with van der Waals surface area (Å²) in [6, 6.07) is 14.4. The Morgan fingerprint density at radius 3 is 2.16 bits per heavy atom. The summed E-state index contributed by atoms with van der Waals surface area (Å²) >= 11 is 0. The van der Waals surface area contributed by atoms with Gasteiger partial charge < -0.3 is 20.8 Å².